The van der Waals surface area contributed by atoms with E-state index in [1.165, 1.54) is 30.7 Å². The molecule has 5 heteroatoms. The van der Waals surface area contributed by atoms with Gasteiger partial charge in [-0.25, -0.2) is 9.38 Å². The van der Waals surface area contributed by atoms with Crippen molar-refractivity contribution in [2.24, 2.45) is 10.9 Å². The first-order chi connectivity index (χ1) is 13.7. The summed E-state index contributed by atoms with van der Waals surface area (Å²) in [4.78, 5) is 7.19. The number of guanidine groups is 1. The SMILES string of the molecule is CCNC(=NCc1ccc(F)cc1)NCC1CCN(CCc2ccccc2)C1. The highest BCUT2D eigenvalue weighted by atomic mass is 19.1. The molecule has 1 atom stereocenters. The van der Waals surface area contributed by atoms with Crippen molar-refractivity contribution in [1.29, 1.82) is 0 Å². The summed E-state index contributed by atoms with van der Waals surface area (Å²) in [5.74, 6) is 1.26. The van der Waals surface area contributed by atoms with Gasteiger partial charge in [-0.3, -0.25) is 0 Å². The van der Waals surface area contributed by atoms with E-state index in [1.54, 1.807) is 12.1 Å². The summed E-state index contributed by atoms with van der Waals surface area (Å²) < 4.78 is 13.0. The molecule has 0 aromatic heterocycles. The van der Waals surface area contributed by atoms with Crippen molar-refractivity contribution in [3.8, 4) is 0 Å². The molecule has 0 spiro atoms. The fourth-order valence-corrected chi connectivity index (χ4v) is 3.56. The molecule has 0 saturated carbocycles. The van der Waals surface area contributed by atoms with Crippen molar-refractivity contribution in [3.63, 3.8) is 0 Å². The van der Waals surface area contributed by atoms with Crippen LogP contribution in [0.5, 0.6) is 0 Å². The summed E-state index contributed by atoms with van der Waals surface area (Å²) >= 11 is 0. The molecular weight excluding hydrogens is 351 g/mol. The summed E-state index contributed by atoms with van der Waals surface area (Å²) in [5, 5.41) is 6.77. The maximum absolute atomic E-state index is 13.0. The zero-order valence-corrected chi connectivity index (χ0v) is 16.7. The molecule has 3 rings (SSSR count). The van der Waals surface area contributed by atoms with E-state index >= 15 is 0 Å². The maximum atomic E-state index is 13.0. The topological polar surface area (TPSA) is 39.7 Å². The molecule has 1 heterocycles. The lowest BCUT2D eigenvalue weighted by Crippen LogP contribution is -2.40. The quantitative estimate of drug-likeness (QED) is 0.543. The lowest BCUT2D eigenvalue weighted by molar-refractivity contribution is 0.328. The van der Waals surface area contributed by atoms with Gasteiger partial charge in [0.05, 0.1) is 6.54 Å². The first kappa shape index (κ1) is 20.3. The molecule has 2 aromatic rings. The molecule has 2 N–H and O–H groups in total. The Morgan fingerprint density at radius 2 is 1.86 bits per heavy atom. The van der Waals surface area contributed by atoms with Crippen LogP contribution in [0.15, 0.2) is 59.6 Å². The number of nitrogens with zero attached hydrogens (tertiary/aromatic N) is 2. The molecule has 1 unspecified atom stereocenters. The number of hydrogen-bond acceptors (Lipinski definition) is 2. The van der Waals surface area contributed by atoms with Gasteiger partial charge in [-0.2, -0.15) is 0 Å². The van der Waals surface area contributed by atoms with Gasteiger partial charge >= 0.3 is 0 Å². The summed E-state index contributed by atoms with van der Waals surface area (Å²) in [6, 6.07) is 17.2. The lowest BCUT2D eigenvalue weighted by atomic mass is 10.1. The molecule has 28 heavy (non-hydrogen) atoms. The van der Waals surface area contributed by atoms with Gasteiger partial charge in [-0.05, 0) is 55.5 Å². The predicted molar refractivity (Wildman–Crippen MR) is 114 cm³/mol. The number of nitrogens with one attached hydrogen (secondary N) is 2. The Morgan fingerprint density at radius 1 is 1.07 bits per heavy atom. The predicted octanol–water partition coefficient (Wildman–Crippen LogP) is 3.45. The van der Waals surface area contributed by atoms with Gasteiger partial charge in [0, 0.05) is 26.2 Å². The molecule has 1 saturated heterocycles. The van der Waals surface area contributed by atoms with E-state index < -0.39 is 0 Å². The van der Waals surface area contributed by atoms with E-state index in [0.29, 0.717) is 12.5 Å². The van der Waals surface area contributed by atoms with E-state index in [-0.39, 0.29) is 5.82 Å². The van der Waals surface area contributed by atoms with Gasteiger partial charge in [-0.15, -0.1) is 0 Å². The monoisotopic (exact) mass is 382 g/mol. The van der Waals surface area contributed by atoms with Crippen molar-refractivity contribution in [2.75, 3.05) is 32.7 Å². The minimum atomic E-state index is -0.212. The Bertz CT molecular complexity index is 730. The molecule has 0 amide bonds. The molecule has 4 nitrogen and oxygen atoms in total. The fourth-order valence-electron chi connectivity index (χ4n) is 3.56. The van der Waals surface area contributed by atoms with Crippen LogP contribution in [-0.2, 0) is 13.0 Å². The lowest BCUT2D eigenvalue weighted by Gasteiger charge is -2.17. The molecule has 0 aliphatic carbocycles. The number of hydrogen-bond donors (Lipinski definition) is 2. The van der Waals surface area contributed by atoms with E-state index in [1.807, 2.05) is 0 Å². The van der Waals surface area contributed by atoms with Crippen LogP contribution in [-0.4, -0.2) is 43.6 Å². The highest BCUT2D eigenvalue weighted by Crippen LogP contribution is 2.16. The van der Waals surface area contributed by atoms with Crippen molar-refractivity contribution >= 4 is 5.96 Å². The number of benzene rings is 2. The third-order valence-electron chi connectivity index (χ3n) is 5.16. The number of halogens is 1. The van der Waals surface area contributed by atoms with Gasteiger partial charge in [-0.1, -0.05) is 42.5 Å². The molecule has 0 bridgehead atoms. The zero-order valence-electron chi connectivity index (χ0n) is 16.7. The Morgan fingerprint density at radius 3 is 2.61 bits per heavy atom. The molecule has 1 fully saturated rings. The smallest absolute Gasteiger partial charge is 0.191 e. The molecule has 2 aromatic carbocycles. The number of aliphatic imine (C=N–C) groups is 1. The highest BCUT2D eigenvalue weighted by molar-refractivity contribution is 5.79. The number of likely N-dealkylation sites (tertiary alicyclic amines) is 1. The van der Waals surface area contributed by atoms with Crippen LogP contribution in [0.4, 0.5) is 4.39 Å². The first-order valence-corrected chi connectivity index (χ1v) is 10.3. The van der Waals surface area contributed by atoms with Crippen molar-refractivity contribution in [2.45, 2.75) is 26.3 Å². The standard InChI is InChI=1S/C23H31FN4/c1-2-25-23(26-16-20-8-10-22(24)11-9-20)27-17-21-13-15-28(18-21)14-12-19-6-4-3-5-7-19/h3-11,21H,2,12-18H2,1H3,(H2,25,26,27). The van der Waals surface area contributed by atoms with E-state index in [4.69, 9.17) is 0 Å². The minimum absolute atomic E-state index is 0.212. The largest absolute Gasteiger partial charge is 0.357 e. The van der Waals surface area contributed by atoms with Gasteiger partial charge in [0.15, 0.2) is 5.96 Å². The Balaban J connectivity index is 1.42. The third kappa shape index (κ3) is 6.64. The van der Waals surface area contributed by atoms with Crippen LogP contribution >= 0.6 is 0 Å². The van der Waals surface area contributed by atoms with E-state index in [0.717, 1.165) is 44.1 Å². The maximum Gasteiger partial charge on any atom is 0.191 e. The summed E-state index contributed by atoms with van der Waals surface area (Å²) in [5.41, 5.74) is 2.41. The second-order valence-corrected chi connectivity index (χ2v) is 7.39. The Labute approximate surface area is 167 Å². The van der Waals surface area contributed by atoms with Crippen LogP contribution in [0.2, 0.25) is 0 Å². The number of rotatable bonds is 8. The second kappa shape index (κ2) is 10.8. The van der Waals surface area contributed by atoms with Crippen LogP contribution in [0.25, 0.3) is 0 Å². The van der Waals surface area contributed by atoms with Crippen molar-refractivity contribution < 1.29 is 4.39 Å². The average Bonchev–Trinajstić information content (AvgIpc) is 3.18. The molecule has 1 aliphatic rings. The first-order valence-electron chi connectivity index (χ1n) is 10.3. The zero-order chi connectivity index (χ0) is 19.6. The van der Waals surface area contributed by atoms with Gasteiger partial charge < -0.3 is 15.5 Å². The van der Waals surface area contributed by atoms with Crippen molar-refractivity contribution in [3.05, 3.63) is 71.5 Å². The molecule has 1 aliphatic heterocycles. The van der Waals surface area contributed by atoms with Crippen molar-refractivity contribution in [1.82, 2.24) is 15.5 Å². The van der Waals surface area contributed by atoms with Crippen LogP contribution < -0.4 is 10.6 Å². The highest BCUT2D eigenvalue weighted by Gasteiger charge is 2.22. The minimum Gasteiger partial charge on any atom is -0.357 e. The summed E-state index contributed by atoms with van der Waals surface area (Å²) in [6.45, 7) is 7.79. The second-order valence-electron chi connectivity index (χ2n) is 7.39. The Kier molecular flexibility index (Phi) is 7.85. The average molecular weight is 383 g/mol. The van der Waals surface area contributed by atoms with Gasteiger partial charge in [0.25, 0.3) is 0 Å². The normalized spacial score (nSPS) is 17.6. The molecule has 150 valence electrons. The van der Waals surface area contributed by atoms with E-state index in [2.05, 4.69) is 57.8 Å². The van der Waals surface area contributed by atoms with E-state index in [9.17, 15) is 4.39 Å². The van der Waals surface area contributed by atoms with Gasteiger partial charge in [0.2, 0.25) is 0 Å². The fraction of sp³-hybridized carbons (Fsp3) is 0.435. The molecular formula is C23H31FN4. The third-order valence-corrected chi connectivity index (χ3v) is 5.16. The van der Waals surface area contributed by atoms with Gasteiger partial charge in [0.1, 0.15) is 5.82 Å². The Hall–Kier alpha value is -2.40. The van der Waals surface area contributed by atoms with Crippen LogP contribution in [0.3, 0.4) is 0 Å². The summed E-state index contributed by atoms with van der Waals surface area (Å²) in [7, 11) is 0. The molecule has 0 radical (unpaired) electrons. The van der Waals surface area contributed by atoms with Crippen LogP contribution in [0.1, 0.15) is 24.5 Å². The van der Waals surface area contributed by atoms with Crippen LogP contribution in [0, 0.1) is 11.7 Å². The summed E-state index contributed by atoms with van der Waals surface area (Å²) in [6.07, 6.45) is 2.34.